The molecule has 3 rings (SSSR count). The minimum Gasteiger partial charge on any atom is -0.494 e. The molecule has 1 aromatic heterocycles. The van der Waals surface area contributed by atoms with E-state index in [-0.39, 0.29) is 0 Å². The topological polar surface area (TPSA) is 53.1 Å². The van der Waals surface area contributed by atoms with Crippen LogP contribution < -0.4 is 10.5 Å². The molecule has 0 amide bonds. The number of hydrogen-bond donors (Lipinski definition) is 1. The second-order valence-electron chi connectivity index (χ2n) is 5.04. The quantitative estimate of drug-likeness (QED) is 0.576. The number of rotatable bonds is 5. The van der Waals surface area contributed by atoms with Crippen molar-refractivity contribution in [2.45, 2.75) is 19.9 Å². The third-order valence-corrected chi connectivity index (χ3v) is 3.54. The van der Waals surface area contributed by atoms with Crippen LogP contribution in [0.4, 0.5) is 5.69 Å². The van der Waals surface area contributed by atoms with Crippen molar-refractivity contribution in [1.82, 2.24) is 9.55 Å². The van der Waals surface area contributed by atoms with Gasteiger partial charge in [0.05, 0.1) is 17.8 Å². The Balaban J connectivity index is 1.66. The van der Waals surface area contributed by atoms with Crippen LogP contribution in [0.2, 0.25) is 0 Å². The number of benzene rings is 2. The molecule has 3 aromatic rings. The zero-order valence-corrected chi connectivity index (χ0v) is 12.1. The number of fused-ring (bicyclic) bond motifs is 1. The van der Waals surface area contributed by atoms with E-state index in [0.29, 0.717) is 6.61 Å². The number of aryl methyl sites for hydroxylation is 2. The van der Waals surface area contributed by atoms with Crippen LogP contribution in [0, 0.1) is 6.92 Å². The molecule has 2 aromatic carbocycles. The lowest BCUT2D eigenvalue weighted by Gasteiger charge is -2.08. The average Bonchev–Trinajstić information content (AvgIpc) is 2.82. The highest BCUT2D eigenvalue weighted by atomic mass is 16.5. The van der Waals surface area contributed by atoms with E-state index >= 15 is 0 Å². The van der Waals surface area contributed by atoms with Gasteiger partial charge in [-0.2, -0.15) is 0 Å². The van der Waals surface area contributed by atoms with Gasteiger partial charge in [-0.25, -0.2) is 4.98 Å². The largest absolute Gasteiger partial charge is 0.494 e. The van der Waals surface area contributed by atoms with E-state index in [4.69, 9.17) is 10.5 Å². The van der Waals surface area contributed by atoms with Crippen molar-refractivity contribution < 1.29 is 4.74 Å². The van der Waals surface area contributed by atoms with Crippen LogP contribution in [0.25, 0.3) is 11.0 Å². The molecule has 0 aliphatic carbocycles. The average molecular weight is 281 g/mol. The molecule has 4 nitrogen and oxygen atoms in total. The van der Waals surface area contributed by atoms with Crippen LogP contribution in [0.3, 0.4) is 0 Å². The molecule has 0 aliphatic heterocycles. The van der Waals surface area contributed by atoms with Crippen LogP contribution in [0.1, 0.15) is 12.2 Å². The first-order valence-electron chi connectivity index (χ1n) is 7.15. The Morgan fingerprint density at radius 1 is 1.10 bits per heavy atom. The van der Waals surface area contributed by atoms with E-state index in [1.807, 2.05) is 49.4 Å². The molecule has 0 fully saturated rings. The fraction of sp³-hybridized carbons (Fsp3) is 0.235. The van der Waals surface area contributed by atoms with E-state index < -0.39 is 0 Å². The fourth-order valence-electron chi connectivity index (χ4n) is 2.50. The Kier molecular flexibility index (Phi) is 3.77. The summed E-state index contributed by atoms with van der Waals surface area (Å²) < 4.78 is 7.92. The van der Waals surface area contributed by atoms with Crippen molar-refractivity contribution in [2.24, 2.45) is 0 Å². The van der Waals surface area contributed by atoms with E-state index in [9.17, 15) is 0 Å². The molecule has 1 heterocycles. The molecule has 0 unspecified atom stereocenters. The van der Waals surface area contributed by atoms with Crippen molar-refractivity contribution in [3.63, 3.8) is 0 Å². The first-order chi connectivity index (χ1) is 10.3. The van der Waals surface area contributed by atoms with Crippen molar-refractivity contribution >= 4 is 16.7 Å². The number of nitrogen functional groups attached to an aromatic ring is 1. The summed E-state index contributed by atoms with van der Waals surface area (Å²) in [6, 6.07) is 15.8. The number of para-hydroxylation sites is 2. The first kappa shape index (κ1) is 13.5. The molecule has 0 saturated heterocycles. The van der Waals surface area contributed by atoms with Gasteiger partial charge >= 0.3 is 0 Å². The highest BCUT2D eigenvalue weighted by Gasteiger charge is 2.08. The summed E-state index contributed by atoms with van der Waals surface area (Å²) in [5, 5.41) is 0. The molecular formula is C17H19N3O. The third kappa shape index (κ3) is 2.84. The second-order valence-corrected chi connectivity index (χ2v) is 5.04. The summed E-state index contributed by atoms with van der Waals surface area (Å²) in [6.45, 7) is 3.57. The van der Waals surface area contributed by atoms with Gasteiger partial charge in [0.15, 0.2) is 0 Å². The number of hydrogen-bond acceptors (Lipinski definition) is 3. The molecule has 2 N–H and O–H groups in total. The maximum absolute atomic E-state index is 5.97. The molecule has 0 bridgehead atoms. The van der Waals surface area contributed by atoms with E-state index in [2.05, 4.69) is 15.6 Å². The van der Waals surface area contributed by atoms with Crippen LogP contribution in [-0.4, -0.2) is 16.2 Å². The number of nitrogens with two attached hydrogens (primary N) is 1. The maximum atomic E-state index is 5.97. The first-order valence-corrected chi connectivity index (χ1v) is 7.15. The molecule has 4 heteroatoms. The zero-order valence-electron chi connectivity index (χ0n) is 12.1. The van der Waals surface area contributed by atoms with Gasteiger partial charge in [-0.1, -0.05) is 24.3 Å². The van der Waals surface area contributed by atoms with Crippen LogP contribution in [0.15, 0.2) is 48.5 Å². The van der Waals surface area contributed by atoms with E-state index in [0.717, 1.165) is 41.3 Å². The van der Waals surface area contributed by atoms with Gasteiger partial charge in [-0.15, -0.1) is 0 Å². The van der Waals surface area contributed by atoms with Crippen molar-refractivity contribution in [1.29, 1.82) is 0 Å². The van der Waals surface area contributed by atoms with Crippen LogP contribution >= 0.6 is 0 Å². The summed E-state index contributed by atoms with van der Waals surface area (Å²) in [6.07, 6.45) is 0.927. The molecule has 0 aliphatic rings. The van der Waals surface area contributed by atoms with Gasteiger partial charge in [0, 0.05) is 6.54 Å². The SMILES string of the molecule is Cc1nc2c(N)cccc2n1CCCOc1ccccc1. The number of imidazole rings is 1. The summed E-state index contributed by atoms with van der Waals surface area (Å²) in [7, 11) is 0. The lowest BCUT2D eigenvalue weighted by Crippen LogP contribution is -2.06. The monoisotopic (exact) mass is 281 g/mol. The lowest BCUT2D eigenvalue weighted by molar-refractivity contribution is 0.302. The van der Waals surface area contributed by atoms with Gasteiger partial charge in [-0.05, 0) is 37.6 Å². The Labute approximate surface area is 124 Å². The van der Waals surface area contributed by atoms with E-state index in [1.165, 1.54) is 0 Å². The summed E-state index contributed by atoms with van der Waals surface area (Å²) >= 11 is 0. The minimum absolute atomic E-state index is 0.686. The minimum atomic E-state index is 0.686. The Morgan fingerprint density at radius 3 is 2.71 bits per heavy atom. The molecule has 0 spiro atoms. The van der Waals surface area contributed by atoms with Crippen LogP contribution in [0.5, 0.6) is 5.75 Å². The van der Waals surface area contributed by atoms with Crippen molar-refractivity contribution in [2.75, 3.05) is 12.3 Å². The second kappa shape index (κ2) is 5.87. The maximum Gasteiger partial charge on any atom is 0.119 e. The number of ether oxygens (including phenoxy) is 1. The van der Waals surface area contributed by atoms with Gasteiger partial charge in [0.1, 0.15) is 17.1 Å². The summed E-state index contributed by atoms with van der Waals surface area (Å²) in [5.41, 5.74) is 8.68. The Morgan fingerprint density at radius 2 is 1.90 bits per heavy atom. The predicted molar refractivity (Wildman–Crippen MR) is 85.4 cm³/mol. The highest BCUT2D eigenvalue weighted by Crippen LogP contribution is 2.21. The molecular weight excluding hydrogens is 262 g/mol. The van der Waals surface area contributed by atoms with Gasteiger partial charge in [0.2, 0.25) is 0 Å². The number of nitrogens with zero attached hydrogens (tertiary/aromatic N) is 2. The Bertz CT molecular complexity index is 734. The van der Waals surface area contributed by atoms with Gasteiger partial charge in [-0.3, -0.25) is 0 Å². The molecule has 21 heavy (non-hydrogen) atoms. The lowest BCUT2D eigenvalue weighted by atomic mass is 10.2. The van der Waals surface area contributed by atoms with Crippen LogP contribution in [-0.2, 0) is 6.54 Å². The number of aromatic nitrogens is 2. The Hall–Kier alpha value is -2.49. The molecule has 0 saturated carbocycles. The molecule has 0 radical (unpaired) electrons. The van der Waals surface area contributed by atoms with Crippen molar-refractivity contribution in [3.05, 3.63) is 54.4 Å². The molecule has 0 atom stereocenters. The smallest absolute Gasteiger partial charge is 0.119 e. The number of anilines is 1. The normalized spacial score (nSPS) is 10.9. The summed E-state index contributed by atoms with van der Waals surface area (Å²) in [5.74, 6) is 1.90. The zero-order chi connectivity index (χ0) is 14.7. The van der Waals surface area contributed by atoms with Gasteiger partial charge < -0.3 is 15.0 Å². The highest BCUT2D eigenvalue weighted by molar-refractivity contribution is 5.87. The fourth-order valence-corrected chi connectivity index (χ4v) is 2.50. The van der Waals surface area contributed by atoms with Crippen molar-refractivity contribution in [3.8, 4) is 5.75 Å². The molecule has 108 valence electrons. The van der Waals surface area contributed by atoms with E-state index in [1.54, 1.807) is 0 Å². The predicted octanol–water partition coefficient (Wildman–Crippen LogP) is 3.40. The standard InChI is InChI=1S/C17H19N3O/c1-13-19-17-15(18)9-5-10-16(17)20(13)11-6-12-21-14-7-3-2-4-8-14/h2-5,7-10H,6,11-12,18H2,1H3. The van der Waals surface area contributed by atoms with Gasteiger partial charge in [0.25, 0.3) is 0 Å². The third-order valence-electron chi connectivity index (χ3n) is 3.54. The summed E-state index contributed by atoms with van der Waals surface area (Å²) in [4.78, 5) is 4.55.